The summed E-state index contributed by atoms with van der Waals surface area (Å²) in [5.41, 5.74) is 1.66. The van der Waals surface area contributed by atoms with Crippen LogP contribution in [0.1, 0.15) is 35.2 Å². The van der Waals surface area contributed by atoms with E-state index < -0.39 is 0 Å². The summed E-state index contributed by atoms with van der Waals surface area (Å²) in [6.07, 6.45) is 6.47. The highest BCUT2D eigenvalue weighted by atomic mass is 32.1. The average molecular weight is 358 g/mol. The number of hydrogen-bond acceptors (Lipinski definition) is 5. The molecule has 0 bridgehead atoms. The Morgan fingerprint density at radius 1 is 1.40 bits per heavy atom. The fourth-order valence-corrected chi connectivity index (χ4v) is 4.36. The van der Waals surface area contributed by atoms with Gasteiger partial charge in [0.1, 0.15) is 0 Å². The van der Waals surface area contributed by atoms with E-state index in [4.69, 9.17) is 9.47 Å². The molecule has 2 fully saturated rings. The van der Waals surface area contributed by atoms with E-state index in [9.17, 15) is 4.79 Å². The van der Waals surface area contributed by atoms with E-state index >= 15 is 0 Å². The molecule has 0 aliphatic carbocycles. The van der Waals surface area contributed by atoms with E-state index in [1.54, 1.807) is 23.7 Å². The maximum absolute atomic E-state index is 12.6. The number of amides is 1. The van der Waals surface area contributed by atoms with Crippen LogP contribution >= 0.6 is 11.3 Å². The number of likely N-dealkylation sites (tertiary alicyclic amines) is 1. The van der Waals surface area contributed by atoms with Gasteiger partial charge in [-0.1, -0.05) is 0 Å². The number of aromatic nitrogens is 1. The number of pyridine rings is 1. The highest BCUT2D eigenvalue weighted by molar-refractivity contribution is 7.08. The molecule has 2 aromatic rings. The lowest BCUT2D eigenvalue weighted by atomic mass is 9.89. The van der Waals surface area contributed by atoms with E-state index in [2.05, 4.69) is 4.98 Å². The Morgan fingerprint density at radius 3 is 3.08 bits per heavy atom. The molecular formula is C19H22N2O3S. The molecule has 5 nitrogen and oxygen atoms in total. The Kier molecular flexibility index (Phi) is 4.83. The smallest absolute Gasteiger partial charge is 0.254 e. The van der Waals surface area contributed by atoms with Crippen LogP contribution in [-0.4, -0.2) is 47.2 Å². The average Bonchev–Trinajstić information content (AvgIpc) is 3.31. The van der Waals surface area contributed by atoms with Crippen molar-refractivity contribution in [3.63, 3.8) is 0 Å². The highest BCUT2D eigenvalue weighted by Crippen LogP contribution is 2.36. The molecule has 0 saturated carbocycles. The number of carbonyl (C=O) groups excluding carboxylic acids is 1. The van der Waals surface area contributed by atoms with E-state index in [1.807, 2.05) is 33.9 Å². The van der Waals surface area contributed by atoms with Crippen molar-refractivity contribution in [3.8, 4) is 0 Å². The van der Waals surface area contributed by atoms with Crippen molar-refractivity contribution < 1.29 is 14.3 Å². The second-order valence-electron chi connectivity index (χ2n) is 6.83. The van der Waals surface area contributed by atoms with Gasteiger partial charge in [-0.2, -0.15) is 11.3 Å². The van der Waals surface area contributed by atoms with Crippen LogP contribution in [0.2, 0.25) is 0 Å². The largest absolute Gasteiger partial charge is 0.371 e. The lowest BCUT2D eigenvalue weighted by Crippen LogP contribution is -2.50. The SMILES string of the molecule is O=C(c1ccsc1)N1CCC[C@]2(C[C@@H](OCc3ccncc3)CO2)C1. The molecule has 25 heavy (non-hydrogen) atoms. The summed E-state index contributed by atoms with van der Waals surface area (Å²) >= 11 is 1.56. The maximum Gasteiger partial charge on any atom is 0.254 e. The summed E-state index contributed by atoms with van der Waals surface area (Å²) in [6, 6.07) is 5.82. The lowest BCUT2D eigenvalue weighted by Gasteiger charge is -2.39. The minimum atomic E-state index is -0.243. The van der Waals surface area contributed by atoms with E-state index in [-0.39, 0.29) is 17.6 Å². The van der Waals surface area contributed by atoms with Gasteiger partial charge in [-0.25, -0.2) is 0 Å². The summed E-state index contributed by atoms with van der Waals surface area (Å²) in [5.74, 6) is 0.116. The van der Waals surface area contributed by atoms with Gasteiger partial charge in [0.2, 0.25) is 0 Å². The fraction of sp³-hybridized carbons (Fsp3) is 0.474. The summed E-state index contributed by atoms with van der Waals surface area (Å²) < 4.78 is 12.2. The third-order valence-electron chi connectivity index (χ3n) is 5.00. The monoisotopic (exact) mass is 358 g/mol. The zero-order valence-corrected chi connectivity index (χ0v) is 14.9. The van der Waals surface area contributed by atoms with Gasteiger partial charge in [-0.15, -0.1) is 0 Å². The number of hydrogen-bond donors (Lipinski definition) is 0. The molecule has 1 spiro atoms. The first-order chi connectivity index (χ1) is 12.2. The van der Waals surface area contributed by atoms with Crippen molar-refractivity contribution in [2.75, 3.05) is 19.7 Å². The van der Waals surface area contributed by atoms with Crippen LogP contribution in [0.25, 0.3) is 0 Å². The molecule has 1 amide bonds. The van der Waals surface area contributed by atoms with Crippen molar-refractivity contribution in [2.24, 2.45) is 0 Å². The standard InChI is InChI=1S/C19H22N2O3S/c22-18(16-4-9-25-13-16)21-8-1-5-19(14-21)10-17(12-24-19)23-11-15-2-6-20-7-3-15/h2-4,6-7,9,13,17H,1,5,8,10-12,14H2/t17-,19+/m1/s1. The van der Waals surface area contributed by atoms with Gasteiger partial charge in [0.15, 0.2) is 0 Å². The Hall–Kier alpha value is -1.76. The quantitative estimate of drug-likeness (QED) is 0.843. The van der Waals surface area contributed by atoms with Crippen LogP contribution in [0.3, 0.4) is 0 Å². The lowest BCUT2D eigenvalue weighted by molar-refractivity contribution is -0.0466. The minimum Gasteiger partial charge on any atom is -0.371 e. The third-order valence-corrected chi connectivity index (χ3v) is 5.69. The Bertz CT molecular complexity index is 707. The molecule has 2 saturated heterocycles. The molecule has 132 valence electrons. The van der Waals surface area contributed by atoms with Gasteiger partial charge >= 0.3 is 0 Å². The minimum absolute atomic E-state index is 0.0874. The van der Waals surface area contributed by atoms with Gasteiger partial charge in [-0.05, 0) is 42.0 Å². The van der Waals surface area contributed by atoms with Gasteiger partial charge in [-0.3, -0.25) is 9.78 Å². The Labute approximate surface area is 151 Å². The number of ether oxygens (including phenoxy) is 2. The molecular weight excluding hydrogens is 336 g/mol. The van der Waals surface area contributed by atoms with Crippen LogP contribution < -0.4 is 0 Å². The van der Waals surface area contributed by atoms with Gasteiger partial charge in [0, 0.05) is 30.7 Å². The Morgan fingerprint density at radius 2 is 2.28 bits per heavy atom. The van der Waals surface area contributed by atoms with Crippen LogP contribution in [0.5, 0.6) is 0 Å². The third kappa shape index (κ3) is 3.76. The normalized spacial score (nSPS) is 26.2. The van der Waals surface area contributed by atoms with E-state index in [0.717, 1.165) is 36.9 Å². The summed E-state index contributed by atoms with van der Waals surface area (Å²) in [5, 5.41) is 3.86. The number of nitrogens with zero attached hydrogens (tertiary/aromatic N) is 2. The second-order valence-corrected chi connectivity index (χ2v) is 7.61. The van der Waals surface area contributed by atoms with Crippen molar-refractivity contribution in [3.05, 3.63) is 52.5 Å². The molecule has 2 aliphatic heterocycles. The van der Waals surface area contributed by atoms with E-state index in [0.29, 0.717) is 19.8 Å². The number of rotatable bonds is 4. The molecule has 2 atom stereocenters. The van der Waals surface area contributed by atoms with Crippen molar-refractivity contribution in [1.82, 2.24) is 9.88 Å². The van der Waals surface area contributed by atoms with Gasteiger partial charge < -0.3 is 14.4 Å². The predicted molar refractivity (Wildman–Crippen MR) is 95.6 cm³/mol. The first-order valence-corrected chi connectivity index (χ1v) is 9.64. The summed E-state index contributed by atoms with van der Waals surface area (Å²) in [4.78, 5) is 18.6. The van der Waals surface area contributed by atoms with Crippen LogP contribution in [-0.2, 0) is 16.1 Å². The zero-order chi connectivity index (χ0) is 17.1. The molecule has 0 N–H and O–H groups in total. The Balaban J connectivity index is 1.35. The first kappa shape index (κ1) is 16.7. The summed E-state index contributed by atoms with van der Waals surface area (Å²) in [6.45, 7) is 2.65. The maximum atomic E-state index is 12.6. The van der Waals surface area contributed by atoms with Crippen LogP contribution in [0, 0.1) is 0 Å². The van der Waals surface area contributed by atoms with Gasteiger partial charge in [0.25, 0.3) is 5.91 Å². The number of thiophene rings is 1. The first-order valence-electron chi connectivity index (χ1n) is 8.70. The highest BCUT2D eigenvalue weighted by Gasteiger charge is 2.45. The van der Waals surface area contributed by atoms with Crippen molar-refractivity contribution in [1.29, 1.82) is 0 Å². The fourth-order valence-electron chi connectivity index (χ4n) is 3.73. The predicted octanol–water partition coefficient (Wildman–Crippen LogP) is 3.12. The van der Waals surface area contributed by atoms with Crippen molar-refractivity contribution in [2.45, 2.75) is 37.6 Å². The molecule has 0 radical (unpaired) electrons. The van der Waals surface area contributed by atoms with Crippen molar-refractivity contribution >= 4 is 17.2 Å². The van der Waals surface area contributed by atoms with E-state index in [1.165, 1.54) is 0 Å². The number of carbonyl (C=O) groups is 1. The molecule has 2 aromatic heterocycles. The molecule has 0 unspecified atom stereocenters. The topological polar surface area (TPSA) is 51.7 Å². The second kappa shape index (κ2) is 7.23. The molecule has 4 rings (SSSR count). The molecule has 0 aromatic carbocycles. The van der Waals surface area contributed by atoms with Crippen LogP contribution in [0.15, 0.2) is 41.4 Å². The molecule has 6 heteroatoms. The van der Waals surface area contributed by atoms with Crippen LogP contribution in [0.4, 0.5) is 0 Å². The van der Waals surface area contributed by atoms with Gasteiger partial charge in [0.05, 0.1) is 37.0 Å². The molecule has 4 heterocycles. The zero-order valence-electron chi connectivity index (χ0n) is 14.1. The molecule has 2 aliphatic rings. The summed E-state index contributed by atoms with van der Waals surface area (Å²) in [7, 11) is 0. The number of piperidine rings is 1.